The van der Waals surface area contributed by atoms with E-state index in [0.717, 1.165) is 12.8 Å². The van der Waals surface area contributed by atoms with Gasteiger partial charge in [0.15, 0.2) is 0 Å². The summed E-state index contributed by atoms with van der Waals surface area (Å²) in [5.41, 5.74) is 0.881. The molecule has 4 nitrogen and oxygen atoms in total. The number of carbonyl (C=O) groups excluding carboxylic acids is 2. The van der Waals surface area contributed by atoms with E-state index in [0.29, 0.717) is 24.3 Å². The number of benzene rings is 1. The van der Waals surface area contributed by atoms with Gasteiger partial charge in [0.05, 0.1) is 24.3 Å². The summed E-state index contributed by atoms with van der Waals surface area (Å²) in [6.07, 6.45) is 1.57. The van der Waals surface area contributed by atoms with Crippen LogP contribution in [-0.4, -0.2) is 48.2 Å². The third-order valence-corrected chi connectivity index (χ3v) is 2.23. The molecule has 0 atom stereocenters. The van der Waals surface area contributed by atoms with Crippen LogP contribution < -0.4 is 0 Å². The number of esters is 2. The van der Waals surface area contributed by atoms with E-state index in [2.05, 4.69) is 0 Å². The first kappa shape index (κ1) is 17.9. The van der Waals surface area contributed by atoms with Crippen LogP contribution in [-0.2, 0) is 9.47 Å². The number of hydrogen-bond donors (Lipinski definition) is 0. The van der Waals surface area contributed by atoms with Crippen molar-refractivity contribution in [1.29, 1.82) is 0 Å². The zero-order valence-corrected chi connectivity index (χ0v) is 12.9. The van der Waals surface area contributed by atoms with Gasteiger partial charge in [-0.25, -0.2) is 9.59 Å². The van der Waals surface area contributed by atoms with Gasteiger partial charge in [0.25, 0.3) is 0 Å². The Labute approximate surface area is 132 Å². The molecule has 0 aliphatic carbocycles. The van der Waals surface area contributed by atoms with Crippen molar-refractivity contribution in [2.45, 2.75) is 26.7 Å². The van der Waals surface area contributed by atoms with Crippen molar-refractivity contribution in [1.82, 2.24) is 0 Å². The van der Waals surface area contributed by atoms with Crippen LogP contribution in [0.5, 0.6) is 0 Å². The molecule has 0 N–H and O–H groups in total. The molecule has 0 radical (unpaired) electrons. The van der Waals surface area contributed by atoms with Crippen LogP contribution in [0.4, 0.5) is 0 Å². The maximum absolute atomic E-state index is 11.5. The molecule has 0 unspecified atom stereocenters. The minimum absolute atomic E-state index is 0. The Morgan fingerprint density at radius 1 is 0.895 bits per heavy atom. The minimum atomic E-state index is -0.370. The van der Waals surface area contributed by atoms with Gasteiger partial charge in [-0.2, -0.15) is 0 Å². The summed E-state index contributed by atoms with van der Waals surface area (Å²) in [6.45, 7) is 4.67. The number of ether oxygens (including phenoxy) is 2. The molecule has 0 fully saturated rings. The fraction of sp³-hybridized carbons (Fsp3) is 0.429. The van der Waals surface area contributed by atoms with Gasteiger partial charge in [-0.15, -0.1) is 0 Å². The standard InChI is InChI=1S/C14H18O4.Mg.2H/c1-3-9-17-13(15)11-5-7-12(8-6-11)14(16)18-10-4-2;;;/h5-8H,3-4,9-10H2,1-2H3;;;/q;+2;2*-1. The Kier molecular flexibility index (Phi) is 9.25. The predicted octanol–water partition coefficient (Wildman–Crippen LogP) is 2.66. The van der Waals surface area contributed by atoms with E-state index in [-0.39, 0.29) is 37.8 Å². The fourth-order valence-corrected chi connectivity index (χ4v) is 1.30. The quantitative estimate of drug-likeness (QED) is 0.592. The first-order chi connectivity index (χ1) is 8.69. The predicted molar refractivity (Wildman–Crippen MR) is 75.6 cm³/mol. The first-order valence-electron chi connectivity index (χ1n) is 6.13. The Morgan fingerprint density at radius 3 is 1.47 bits per heavy atom. The van der Waals surface area contributed by atoms with E-state index >= 15 is 0 Å². The summed E-state index contributed by atoms with van der Waals surface area (Å²) in [6, 6.07) is 6.28. The second-order valence-electron chi connectivity index (χ2n) is 3.85. The Bertz CT molecular complexity index is 371. The van der Waals surface area contributed by atoms with Crippen molar-refractivity contribution in [3.63, 3.8) is 0 Å². The third-order valence-electron chi connectivity index (χ3n) is 2.23. The Hall–Kier alpha value is -1.07. The monoisotopic (exact) mass is 276 g/mol. The van der Waals surface area contributed by atoms with E-state index in [1.165, 1.54) is 0 Å². The molecule has 0 saturated heterocycles. The van der Waals surface area contributed by atoms with E-state index in [4.69, 9.17) is 9.47 Å². The number of hydrogen-bond acceptors (Lipinski definition) is 4. The zero-order chi connectivity index (χ0) is 13.4. The van der Waals surface area contributed by atoms with Gasteiger partial charge >= 0.3 is 35.0 Å². The van der Waals surface area contributed by atoms with Gasteiger partial charge in [-0.05, 0) is 37.1 Å². The van der Waals surface area contributed by atoms with Gasteiger partial charge in [0, 0.05) is 0 Å². The van der Waals surface area contributed by atoms with E-state index in [1.807, 2.05) is 13.8 Å². The SMILES string of the molecule is CCCOC(=O)c1ccc(C(=O)OCCC)cc1.[H-].[H-].[Mg+2]. The molecule has 1 aromatic carbocycles. The third kappa shape index (κ3) is 6.07. The summed E-state index contributed by atoms with van der Waals surface area (Å²) >= 11 is 0. The molecule has 5 heteroatoms. The maximum Gasteiger partial charge on any atom is 2.00 e. The van der Waals surface area contributed by atoms with Crippen molar-refractivity contribution in [2.75, 3.05) is 13.2 Å². The van der Waals surface area contributed by atoms with Gasteiger partial charge in [0.2, 0.25) is 0 Å². The van der Waals surface area contributed by atoms with Crippen LogP contribution in [0.1, 0.15) is 50.3 Å². The van der Waals surface area contributed by atoms with Crippen LogP contribution >= 0.6 is 0 Å². The second-order valence-corrected chi connectivity index (χ2v) is 3.85. The normalized spacial score (nSPS) is 9.37. The number of carbonyl (C=O) groups is 2. The molecule has 102 valence electrons. The van der Waals surface area contributed by atoms with Gasteiger partial charge in [-0.1, -0.05) is 13.8 Å². The Morgan fingerprint density at radius 2 is 1.21 bits per heavy atom. The van der Waals surface area contributed by atoms with Crippen molar-refractivity contribution in [3.8, 4) is 0 Å². The average Bonchev–Trinajstić information content (AvgIpc) is 2.42. The fourth-order valence-electron chi connectivity index (χ4n) is 1.30. The van der Waals surface area contributed by atoms with Crippen LogP contribution in [0.15, 0.2) is 24.3 Å². The second kappa shape index (κ2) is 9.80. The van der Waals surface area contributed by atoms with E-state index in [9.17, 15) is 9.59 Å². The molecule has 0 spiro atoms. The van der Waals surface area contributed by atoms with Crippen LogP contribution in [0.3, 0.4) is 0 Å². The Balaban J connectivity index is -0.00000108. The van der Waals surface area contributed by atoms with E-state index in [1.54, 1.807) is 24.3 Å². The molecule has 0 amide bonds. The topological polar surface area (TPSA) is 52.6 Å². The van der Waals surface area contributed by atoms with Crippen molar-refractivity contribution in [3.05, 3.63) is 35.4 Å². The molecule has 0 heterocycles. The molecule has 0 aliphatic heterocycles. The molecular formula is C14H20MgO4. The largest absolute Gasteiger partial charge is 2.00 e. The summed E-state index contributed by atoms with van der Waals surface area (Å²) in [4.78, 5) is 23.0. The summed E-state index contributed by atoms with van der Waals surface area (Å²) in [5, 5.41) is 0. The molecule has 0 bridgehead atoms. The van der Waals surface area contributed by atoms with Crippen LogP contribution in [0.25, 0.3) is 0 Å². The molecule has 1 aromatic rings. The molecule has 0 saturated carbocycles. The maximum atomic E-state index is 11.5. The smallest absolute Gasteiger partial charge is 1.00 e. The van der Waals surface area contributed by atoms with Crippen molar-refractivity contribution in [2.24, 2.45) is 0 Å². The molecular weight excluding hydrogens is 256 g/mol. The molecule has 0 aromatic heterocycles. The minimum Gasteiger partial charge on any atom is -1.00 e. The number of rotatable bonds is 6. The molecule has 1 rings (SSSR count). The average molecular weight is 277 g/mol. The molecule has 0 aliphatic rings. The summed E-state index contributed by atoms with van der Waals surface area (Å²) < 4.78 is 9.97. The molecule has 19 heavy (non-hydrogen) atoms. The van der Waals surface area contributed by atoms with Gasteiger partial charge in [0.1, 0.15) is 0 Å². The summed E-state index contributed by atoms with van der Waals surface area (Å²) in [5.74, 6) is -0.740. The first-order valence-corrected chi connectivity index (χ1v) is 6.13. The van der Waals surface area contributed by atoms with Crippen LogP contribution in [0.2, 0.25) is 0 Å². The van der Waals surface area contributed by atoms with E-state index < -0.39 is 0 Å². The summed E-state index contributed by atoms with van der Waals surface area (Å²) in [7, 11) is 0. The van der Waals surface area contributed by atoms with Gasteiger partial charge < -0.3 is 12.3 Å². The van der Waals surface area contributed by atoms with Crippen molar-refractivity contribution >= 4 is 35.0 Å². The zero-order valence-electron chi connectivity index (χ0n) is 13.5. The van der Waals surface area contributed by atoms with Crippen molar-refractivity contribution < 1.29 is 21.9 Å². The van der Waals surface area contributed by atoms with Gasteiger partial charge in [-0.3, -0.25) is 0 Å². The van der Waals surface area contributed by atoms with Crippen LogP contribution in [0, 0.1) is 0 Å².